The lowest BCUT2D eigenvalue weighted by Crippen LogP contribution is -2.40. The normalized spacial score (nSPS) is 14.8. The van der Waals surface area contributed by atoms with E-state index in [1.165, 1.54) is 23.1 Å². The van der Waals surface area contributed by atoms with Crippen molar-refractivity contribution in [2.75, 3.05) is 20.6 Å². The summed E-state index contributed by atoms with van der Waals surface area (Å²) in [5.74, 6) is 0.721. The van der Waals surface area contributed by atoms with Gasteiger partial charge in [-0.25, -0.2) is 0 Å². The minimum Gasteiger partial charge on any atom is -0.308 e. The van der Waals surface area contributed by atoms with E-state index in [0.717, 1.165) is 12.5 Å². The predicted octanol–water partition coefficient (Wildman–Crippen LogP) is 3.93. The van der Waals surface area contributed by atoms with Crippen LogP contribution in [-0.2, 0) is 0 Å². The minimum atomic E-state index is 0.402. The van der Waals surface area contributed by atoms with E-state index in [4.69, 9.17) is 0 Å². The van der Waals surface area contributed by atoms with Crippen LogP contribution in [0.3, 0.4) is 0 Å². The van der Waals surface area contributed by atoms with E-state index in [1.807, 2.05) is 0 Å². The Balaban J connectivity index is 2.75. The predicted molar refractivity (Wildman–Crippen MR) is 89.3 cm³/mol. The lowest BCUT2D eigenvalue weighted by molar-refractivity contribution is 0.290. The van der Waals surface area contributed by atoms with Gasteiger partial charge in [0.05, 0.1) is 0 Å². The van der Waals surface area contributed by atoms with Crippen LogP contribution in [0.25, 0.3) is 0 Å². The van der Waals surface area contributed by atoms with E-state index in [9.17, 15) is 0 Å². The summed E-state index contributed by atoms with van der Waals surface area (Å²) >= 11 is 0. The van der Waals surface area contributed by atoms with Crippen LogP contribution >= 0.6 is 0 Å². The summed E-state index contributed by atoms with van der Waals surface area (Å²) in [4.78, 5) is 2.27. The standard InChI is InChI=1S/C18H32N2/c1-13(2)10-17(12-20(6)7)19-16(5)18-9-8-14(3)11-15(18)4/h8-9,11,13,16-17,19H,10,12H2,1-7H3. The van der Waals surface area contributed by atoms with E-state index >= 15 is 0 Å². The maximum atomic E-state index is 3.81. The van der Waals surface area contributed by atoms with Crippen LogP contribution in [0.1, 0.15) is 49.9 Å². The highest BCUT2D eigenvalue weighted by atomic mass is 15.1. The zero-order valence-corrected chi connectivity index (χ0v) is 14.3. The highest BCUT2D eigenvalue weighted by molar-refractivity contribution is 5.32. The van der Waals surface area contributed by atoms with Crippen molar-refractivity contribution in [3.63, 3.8) is 0 Å². The number of nitrogens with one attached hydrogen (secondary N) is 1. The Hall–Kier alpha value is -0.860. The first-order chi connectivity index (χ1) is 9.29. The SMILES string of the molecule is Cc1ccc(C(C)NC(CC(C)C)CN(C)C)c(C)c1. The first-order valence-corrected chi connectivity index (χ1v) is 7.77. The van der Waals surface area contributed by atoms with Crippen molar-refractivity contribution >= 4 is 0 Å². The quantitative estimate of drug-likeness (QED) is 0.811. The summed E-state index contributed by atoms with van der Waals surface area (Å²) in [6.07, 6.45) is 1.22. The smallest absolute Gasteiger partial charge is 0.0297 e. The molecular weight excluding hydrogens is 244 g/mol. The lowest BCUT2D eigenvalue weighted by Gasteiger charge is -2.28. The van der Waals surface area contributed by atoms with Gasteiger partial charge in [0, 0.05) is 18.6 Å². The molecule has 0 heterocycles. The van der Waals surface area contributed by atoms with Gasteiger partial charge in [0.2, 0.25) is 0 Å². The van der Waals surface area contributed by atoms with Crippen LogP contribution in [0.4, 0.5) is 0 Å². The molecule has 2 nitrogen and oxygen atoms in total. The number of hydrogen-bond acceptors (Lipinski definition) is 2. The molecule has 0 bridgehead atoms. The topological polar surface area (TPSA) is 15.3 Å². The maximum Gasteiger partial charge on any atom is 0.0297 e. The van der Waals surface area contributed by atoms with Crippen molar-refractivity contribution in [2.24, 2.45) is 5.92 Å². The van der Waals surface area contributed by atoms with E-state index < -0.39 is 0 Å². The van der Waals surface area contributed by atoms with Gasteiger partial charge in [-0.05, 0) is 58.3 Å². The van der Waals surface area contributed by atoms with Crippen molar-refractivity contribution in [1.29, 1.82) is 0 Å². The summed E-state index contributed by atoms with van der Waals surface area (Å²) < 4.78 is 0. The fraction of sp³-hybridized carbons (Fsp3) is 0.667. The molecule has 114 valence electrons. The molecule has 0 aliphatic heterocycles. The fourth-order valence-electron chi connectivity index (χ4n) is 2.96. The first kappa shape index (κ1) is 17.2. The molecule has 2 atom stereocenters. The second-order valence-electron chi connectivity index (χ2n) is 6.84. The van der Waals surface area contributed by atoms with Crippen LogP contribution in [0.5, 0.6) is 0 Å². The first-order valence-electron chi connectivity index (χ1n) is 7.77. The van der Waals surface area contributed by atoms with Gasteiger partial charge in [-0.1, -0.05) is 37.6 Å². The van der Waals surface area contributed by atoms with Crippen molar-refractivity contribution in [3.05, 3.63) is 34.9 Å². The fourth-order valence-corrected chi connectivity index (χ4v) is 2.96. The highest BCUT2D eigenvalue weighted by Crippen LogP contribution is 2.20. The van der Waals surface area contributed by atoms with E-state index in [1.54, 1.807) is 0 Å². The monoisotopic (exact) mass is 276 g/mol. The molecule has 1 rings (SSSR count). The third-order valence-corrected chi connectivity index (χ3v) is 3.72. The molecule has 0 aliphatic rings. The molecule has 2 unspecified atom stereocenters. The lowest BCUT2D eigenvalue weighted by atomic mass is 9.97. The summed E-state index contributed by atoms with van der Waals surface area (Å²) in [7, 11) is 4.30. The number of likely N-dealkylation sites (N-methyl/N-ethyl adjacent to an activating group) is 1. The molecule has 0 aromatic heterocycles. The molecule has 0 saturated heterocycles. The largest absolute Gasteiger partial charge is 0.308 e. The molecule has 0 radical (unpaired) electrons. The summed E-state index contributed by atoms with van der Waals surface area (Å²) in [5.41, 5.74) is 4.15. The average molecular weight is 276 g/mol. The Morgan fingerprint density at radius 2 is 1.75 bits per heavy atom. The third-order valence-electron chi connectivity index (χ3n) is 3.72. The molecule has 1 aromatic carbocycles. The number of aryl methyl sites for hydroxylation is 2. The van der Waals surface area contributed by atoms with Gasteiger partial charge in [-0.15, -0.1) is 0 Å². The molecule has 1 N–H and O–H groups in total. The molecule has 0 saturated carbocycles. The zero-order valence-electron chi connectivity index (χ0n) is 14.3. The second-order valence-corrected chi connectivity index (χ2v) is 6.84. The number of benzene rings is 1. The molecular formula is C18H32N2. The molecule has 0 spiro atoms. The molecule has 0 fully saturated rings. The van der Waals surface area contributed by atoms with Crippen LogP contribution in [0.2, 0.25) is 0 Å². The second kappa shape index (κ2) is 7.80. The number of nitrogens with zero attached hydrogens (tertiary/aromatic N) is 1. The Bertz CT molecular complexity index is 400. The van der Waals surface area contributed by atoms with Crippen molar-refractivity contribution in [3.8, 4) is 0 Å². The Labute approximate surface area is 125 Å². The van der Waals surface area contributed by atoms with Crippen LogP contribution < -0.4 is 5.32 Å². The minimum absolute atomic E-state index is 0.402. The third kappa shape index (κ3) is 5.64. The average Bonchev–Trinajstić information content (AvgIpc) is 2.26. The molecule has 20 heavy (non-hydrogen) atoms. The van der Waals surface area contributed by atoms with E-state index in [0.29, 0.717) is 12.1 Å². The van der Waals surface area contributed by atoms with Gasteiger partial charge in [-0.2, -0.15) is 0 Å². The molecule has 2 heteroatoms. The van der Waals surface area contributed by atoms with Gasteiger partial charge < -0.3 is 10.2 Å². The van der Waals surface area contributed by atoms with Crippen LogP contribution in [0, 0.1) is 19.8 Å². The molecule has 0 aliphatic carbocycles. The van der Waals surface area contributed by atoms with Crippen LogP contribution in [0.15, 0.2) is 18.2 Å². The van der Waals surface area contributed by atoms with Crippen molar-refractivity contribution in [1.82, 2.24) is 10.2 Å². The Morgan fingerprint density at radius 3 is 2.25 bits per heavy atom. The zero-order chi connectivity index (χ0) is 15.3. The van der Waals surface area contributed by atoms with Gasteiger partial charge in [0.1, 0.15) is 0 Å². The Morgan fingerprint density at radius 1 is 1.10 bits per heavy atom. The maximum absolute atomic E-state index is 3.81. The highest BCUT2D eigenvalue weighted by Gasteiger charge is 2.16. The molecule has 0 amide bonds. The molecule has 1 aromatic rings. The van der Waals surface area contributed by atoms with E-state index in [2.05, 4.69) is 77.1 Å². The van der Waals surface area contributed by atoms with E-state index in [-0.39, 0.29) is 0 Å². The summed E-state index contributed by atoms with van der Waals surface area (Å²) in [5, 5.41) is 3.81. The summed E-state index contributed by atoms with van der Waals surface area (Å²) in [6.45, 7) is 12.3. The Kier molecular flexibility index (Phi) is 6.70. The van der Waals surface area contributed by atoms with Gasteiger partial charge in [-0.3, -0.25) is 0 Å². The van der Waals surface area contributed by atoms with Gasteiger partial charge >= 0.3 is 0 Å². The number of hydrogen-bond donors (Lipinski definition) is 1. The van der Waals surface area contributed by atoms with Gasteiger partial charge in [0.15, 0.2) is 0 Å². The summed E-state index contributed by atoms with van der Waals surface area (Å²) in [6, 6.07) is 7.70. The van der Waals surface area contributed by atoms with Crippen LogP contribution in [-0.4, -0.2) is 31.6 Å². The number of rotatable bonds is 7. The van der Waals surface area contributed by atoms with Crippen molar-refractivity contribution < 1.29 is 0 Å². The van der Waals surface area contributed by atoms with Gasteiger partial charge in [0.25, 0.3) is 0 Å². The van der Waals surface area contributed by atoms with Crippen molar-refractivity contribution in [2.45, 2.75) is 53.1 Å².